The Hall–Kier alpha value is -3.74. The normalized spacial score (nSPS) is 10.1. The lowest BCUT2D eigenvalue weighted by Crippen LogP contribution is -2.15. The lowest BCUT2D eigenvalue weighted by molar-refractivity contribution is -0.114. The van der Waals surface area contributed by atoms with Crippen LogP contribution in [0.1, 0.15) is 23.1 Å². The summed E-state index contributed by atoms with van der Waals surface area (Å²) in [7, 11) is 0. The summed E-state index contributed by atoms with van der Waals surface area (Å²) in [5, 5.41) is 8.55. The van der Waals surface area contributed by atoms with E-state index in [1.54, 1.807) is 37.3 Å². The fourth-order valence-corrected chi connectivity index (χ4v) is 2.43. The van der Waals surface area contributed by atoms with Crippen molar-refractivity contribution < 1.29 is 9.59 Å². The van der Waals surface area contributed by atoms with Crippen LogP contribution < -0.4 is 16.0 Å². The number of carbonyl (C=O) groups is 2. The average molecular weight is 361 g/mol. The summed E-state index contributed by atoms with van der Waals surface area (Å²) in [6.07, 6.45) is 0. The number of hydrogen-bond acceptors (Lipinski definition) is 5. The molecule has 3 rings (SSSR count). The van der Waals surface area contributed by atoms with Crippen LogP contribution in [-0.4, -0.2) is 21.8 Å². The van der Waals surface area contributed by atoms with Crippen molar-refractivity contribution in [1.82, 2.24) is 9.97 Å². The highest BCUT2D eigenvalue weighted by Gasteiger charge is 2.11. The number of rotatable bonds is 5. The number of hydrogen-bond donors (Lipinski definition) is 3. The number of aryl methyl sites for hydroxylation is 1. The van der Waals surface area contributed by atoms with Crippen molar-refractivity contribution in [3.63, 3.8) is 0 Å². The van der Waals surface area contributed by atoms with Gasteiger partial charge in [-0.25, -0.2) is 9.97 Å². The molecule has 3 N–H and O–H groups in total. The summed E-state index contributed by atoms with van der Waals surface area (Å²) >= 11 is 0. The molecule has 0 bridgehead atoms. The maximum absolute atomic E-state index is 12.5. The van der Waals surface area contributed by atoms with Gasteiger partial charge in [-0.2, -0.15) is 0 Å². The fourth-order valence-electron chi connectivity index (χ4n) is 2.43. The summed E-state index contributed by atoms with van der Waals surface area (Å²) < 4.78 is 0. The van der Waals surface area contributed by atoms with Gasteiger partial charge >= 0.3 is 0 Å². The summed E-state index contributed by atoms with van der Waals surface area (Å²) in [6.45, 7) is 3.24. The van der Waals surface area contributed by atoms with Crippen LogP contribution >= 0.6 is 0 Å². The Morgan fingerprint density at radius 2 is 1.44 bits per heavy atom. The Bertz CT molecular complexity index is 956. The van der Waals surface area contributed by atoms with Gasteiger partial charge in [-0.05, 0) is 49.4 Å². The zero-order valence-corrected chi connectivity index (χ0v) is 15.0. The minimum Gasteiger partial charge on any atom is -0.326 e. The molecule has 0 saturated heterocycles. The van der Waals surface area contributed by atoms with Crippen molar-refractivity contribution in [2.45, 2.75) is 13.8 Å². The molecule has 136 valence electrons. The predicted octanol–water partition coefficient (Wildman–Crippen LogP) is 3.74. The van der Waals surface area contributed by atoms with Gasteiger partial charge in [0.25, 0.3) is 5.91 Å². The molecule has 2 aromatic carbocycles. The molecule has 27 heavy (non-hydrogen) atoms. The summed E-state index contributed by atoms with van der Waals surface area (Å²) in [6, 6.07) is 18.0. The second-order valence-corrected chi connectivity index (χ2v) is 5.92. The van der Waals surface area contributed by atoms with Crippen LogP contribution in [0, 0.1) is 6.92 Å². The molecule has 0 spiro atoms. The van der Waals surface area contributed by atoms with Gasteiger partial charge in [-0.3, -0.25) is 9.59 Å². The third-order valence-electron chi connectivity index (χ3n) is 3.58. The Morgan fingerprint density at radius 1 is 0.815 bits per heavy atom. The molecule has 7 nitrogen and oxygen atoms in total. The largest absolute Gasteiger partial charge is 0.326 e. The molecule has 0 aliphatic heterocycles. The second kappa shape index (κ2) is 8.09. The van der Waals surface area contributed by atoms with E-state index in [0.29, 0.717) is 23.0 Å². The Morgan fingerprint density at radius 3 is 2.07 bits per heavy atom. The molecular formula is C20H19N5O2. The van der Waals surface area contributed by atoms with E-state index in [9.17, 15) is 9.59 Å². The predicted molar refractivity (Wildman–Crippen MR) is 105 cm³/mol. The molecule has 2 amide bonds. The van der Waals surface area contributed by atoms with E-state index >= 15 is 0 Å². The third kappa shape index (κ3) is 5.12. The van der Waals surface area contributed by atoms with Crippen LogP contribution in [0.2, 0.25) is 0 Å². The van der Waals surface area contributed by atoms with Crippen molar-refractivity contribution in [3.05, 3.63) is 72.1 Å². The standard InChI is InChI=1S/C20H19N5O2/c1-13-12-18(25-20(21-13)24-15-6-4-3-5-7-15)19(27)23-17-10-8-16(9-11-17)22-14(2)26/h3-12H,1-2H3,(H,22,26)(H,23,27)(H,21,24,25). The van der Waals surface area contributed by atoms with E-state index in [0.717, 1.165) is 5.69 Å². The number of aromatic nitrogens is 2. The number of nitrogens with one attached hydrogen (secondary N) is 3. The zero-order valence-electron chi connectivity index (χ0n) is 15.0. The topological polar surface area (TPSA) is 96.0 Å². The third-order valence-corrected chi connectivity index (χ3v) is 3.58. The molecule has 0 aliphatic rings. The maximum atomic E-state index is 12.5. The molecule has 3 aromatic rings. The quantitative estimate of drug-likeness (QED) is 0.643. The van der Waals surface area contributed by atoms with Crippen LogP contribution in [0.3, 0.4) is 0 Å². The molecule has 7 heteroatoms. The number of amides is 2. The first-order valence-electron chi connectivity index (χ1n) is 8.36. The lowest BCUT2D eigenvalue weighted by Gasteiger charge is -2.09. The first-order valence-corrected chi connectivity index (χ1v) is 8.36. The van der Waals surface area contributed by atoms with Crippen molar-refractivity contribution in [1.29, 1.82) is 0 Å². The second-order valence-electron chi connectivity index (χ2n) is 5.92. The van der Waals surface area contributed by atoms with Crippen LogP contribution in [0.15, 0.2) is 60.7 Å². The van der Waals surface area contributed by atoms with E-state index in [1.807, 2.05) is 30.3 Å². The highest BCUT2D eigenvalue weighted by atomic mass is 16.2. The van der Waals surface area contributed by atoms with E-state index < -0.39 is 0 Å². The molecule has 0 atom stereocenters. The number of carbonyl (C=O) groups excluding carboxylic acids is 2. The summed E-state index contributed by atoms with van der Waals surface area (Å²) in [5.74, 6) is -0.141. The minimum atomic E-state index is -0.344. The van der Waals surface area contributed by atoms with Crippen molar-refractivity contribution >= 4 is 34.8 Å². The van der Waals surface area contributed by atoms with Crippen molar-refractivity contribution in [2.24, 2.45) is 0 Å². The monoisotopic (exact) mass is 361 g/mol. The van der Waals surface area contributed by atoms with Gasteiger partial charge in [0.15, 0.2) is 0 Å². The molecule has 1 aromatic heterocycles. The number of anilines is 4. The first kappa shape index (κ1) is 18.1. The minimum absolute atomic E-state index is 0.151. The molecule has 1 heterocycles. The van der Waals surface area contributed by atoms with Gasteiger partial charge in [-0.1, -0.05) is 18.2 Å². The zero-order chi connectivity index (χ0) is 19.2. The van der Waals surface area contributed by atoms with Crippen LogP contribution in [-0.2, 0) is 4.79 Å². The van der Waals surface area contributed by atoms with E-state index in [1.165, 1.54) is 6.92 Å². The Labute approximate surface area is 156 Å². The van der Waals surface area contributed by atoms with Crippen LogP contribution in [0.4, 0.5) is 23.0 Å². The molecule has 0 radical (unpaired) electrons. The van der Waals surface area contributed by atoms with Crippen molar-refractivity contribution in [3.8, 4) is 0 Å². The van der Waals surface area contributed by atoms with Gasteiger partial charge in [-0.15, -0.1) is 0 Å². The number of benzene rings is 2. The molecular weight excluding hydrogens is 342 g/mol. The molecule has 0 fully saturated rings. The number of para-hydroxylation sites is 1. The molecule has 0 unspecified atom stereocenters. The van der Waals surface area contributed by atoms with Gasteiger partial charge in [0, 0.05) is 29.7 Å². The van der Waals surface area contributed by atoms with E-state index in [4.69, 9.17) is 0 Å². The Kier molecular flexibility index (Phi) is 5.41. The molecule has 0 aliphatic carbocycles. The summed E-state index contributed by atoms with van der Waals surface area (Å²) in [5.41, 5.74) is 3.03. The SMILES string of the molecule is CC(=O)Nc1ccc(NC(=O)c2cc(C)nc(Nc3ccccc3)n2)cc1. The fraction of sp³-hybridized carbons (Fsp3) is 0.100. The van der Waals surface area contributed by atoms with Gasteiger partial charge in [0.2, 0.25) is 11.9 Å². The Balaban J connectivity index is 1.73. The van der Waals surface area contributed by atoms with E-state index in [2.05, 4.69) is 25.9 Å². The van der Waals surface area contributed by atoms with Gasteiger partial charge in [0.05, 0.1) is 0 Å². The lowest BCUT2D eigenvalue weighted by atomic mass is 10.2. The van der Waals surface area contributed by atoms with E-state index in [-0.39, 0.29) is 17.5 Å². The molecule has 0 saturated carbocycles. The number of nitrogens with zero attached hydrogens (tertiary/aromatic N) is 2. The first-order chi connectivity index (χ1) is 13.0. The van der Waals surface area contributed by atoms with Gasteiger partial charge < -0.3 is 16.0 Å². The smallest absolute Gasteiger partial charge is 0.274 e. The highest BCUT2D eigenvalue weighted by molar-refractivity contribution is 6.03. The average Bonchev–Trinajstić information content (AvgIpc) is 2.63. The maximum Gasteiger partial charge on any atom is 0.274 e. The van der Waals surface area contributed by atoms with Gasteiger partial charge in [0.1, 0.15) is 5.69 Å². The highest BCUT2D eigenvalue weighted by Crippen LogP contribution is 2.16. The van der Waals surface area contributed by atoms with Crippen LogP contribution in [0.25, 0.3) is 0 Å². The van der Waals surface area contributed by atoms with Crippen LogP contribution in [0.5, 0.6) is 0 Å². The summed E-state index contributed by atoms with van der Waals surface area (Å²) in [4.78, 5) is 32.2. The van der Waals surface area contributed by atoms with Crippen molar-refractivity contribution in [2.75, 3.05) is 16.0 Å².